The zero-order valence-electron chi connectivity index (χ0n) is 41.0. The highest BCUT2D eigenvalue weighted by atomic mass is 32.1. The molecule has 0 saturated carbocycles. The van der Waals surface area contributed by atoms with Crippen LogP contribution < -0.4 is 25.6 Å². The molecule has 0 aliphatic carbocycles. The molecule has 3 fully saturated rings. The third-order valence-corrected chi connectivity index (χ3v) is 14.7. The molecule has 3 aliphatic heterocycles. The van der Waals surface area contributed by atoms with Crippen molar-refractivity contribution in [3.8, 4) is 45.8 Å². The van der Waals surface area contributed by atoms with E-state index in [4.69, 9.17) is 20.9 Å². The number of aliphatic hydroxyl groups is 1. The lowest BCUT2D eigenvalue weighted by Gasteiger charge is -2.35. The molecule has 0 spiro atoms. The number of aliphatic hydroxyl groups excluding tert-OH is 1. The zero-order chi connectivity index (χ0) is 50.7. The predicted octanol–water partition coefficient (Wildman–Crippen LogP) is 7.03. The van der Waals surface area contributed by atoms with Crippen LogP contribution in [0.15, 0.2) is 60.2 Å². The number of phenolic OH excluding ortho intramolecular Hbond substituents is 1. The Hall–Kier alpha value is -6.36. The number of hydrogen-bond donors (Lipinski definition) is 5. The number of likely N-dealkylation sites (tertiary alicyclic amines) is 1. The first-order chi connectivity index (χ1) is 34.6. The van der Waals surface area contributed by atoms with Crippen molar-refractivity contribution in [2.45, 2.75) is 103 Å². The van der Waals surface area contributed by atoms with Gasteiger partial charge in [-0.05, 0) is 79.2 Å². The maximum absolute atomic E-state index is 16.9. The van der Waals surface area contributed by atoms with E-state index in [1.807, 2.05) is 33.2 Å². The molecule has 3 aliphatic rings. The van der Waals surface area contributed by atoms with Gasteiger partial charge in [0.2, 0.25) is 11.8 Å². The summed E-state index contributed by atoms with van der Waals surface area (Å²) < 4.78 is 43.8. The summed E-state index contributed by atoms with van der Waals surface area (Å²) in [5.74, 6) is 0.706. The first-order valence-electron chi connectivity index (χ1n) is 24.6. The summed E-state index contributed by atoms with van der Waals surface area (Å²) in [5.41, 5.74) is 4.33. The second-order valence-corrected chi connectivity index (χ2v) is 21.0. The summed E-state index contributed by atoms with van der Waals surface area (Å²) >= 11 is 1.62. The summed E-state index contributed by atoms with van der Waals surface area (Å²) in [5, 5.41) is 32.4. The van der Waals surface area contributed by atoms with Gasteiger partial charge in [0.1, 0.15) is 34.6 Å². The molecule has 9 rings (SSSR count). The van der Waals surface area contributed by atoms with Crippen molar-refractivity contribution in [3.05, 3.63) is 88.7 Å². The van der Waals surface area contributed by atoms with Crippen LogP contribution in [0.3, 0.4) is 0 Å². The standard InChI is InChI=1S/C54H61F2N9O6S/c1-6-40-43(55)16-13-34-21-38(66)23-41(45(34)40)47-46(56)48-42(26-58-47)51(64-27-35-14-15-36(28-64)60-35)63-53(62-48)71-19-8-7-18-70-20-17-44(68)61-50(54(3,4)5)52(69)65-29-39(67)22-37(65)25-57-24-32-9-11-33(12-10-32)49-31(2)59-30-72-49/h1,9-13,16,21,23,26,30,35-37,39,50,57,60,66-67H,7-8,14-15,17-20,22,24-25,27-29H2,2-5H3,(H,61,68)/t35?,36?,37?,39-,50-/m1/s1. The van der Waals surface area contributed by atoms with Gasteiger partial charge < -0.3 is 45.4 Å². The Morgan fingerprint density at radius 3 is 2.50 bits per heavy atom. The molecule has 2 amide bonds. The number of thiazole rings is 1. The van der Waals surface area contributed by atoms with Crippen molar-refractivity contribution in [1.82, 2.24) is 40.8 Å². The van der Waals surface area contributed by atoms with Crippen molar-refractivity contribution < 1.29 is 38.1 Å². The highest BCUT2D eigenvalue weighted by Crippen LogP contribution is 2.39. The quantitative estimate of drug-likeness (QED) is 0.0437. The molecule has 0 radical (unpaired) electrons. The highest BCUT2D eigenvalue weighted by molar-refractivity contribution is 7.13. The monoisotopic (exact) mass is 1000 g/mol. The van der Waals surface area contributed by atoms with Gasteiger partial charge in [-0.15, -0.1) is 17.8 Å². The number of unbranched alkanes of at least 4 members (excludes halogenated alkanes) is 1. The summed E-state index contributed by atoms with van der Waals surface area (Å²) in [6.45, 7) is 11.0. The Kier molecular flexibility index (Phi) is 15.3. The van der Waals surface area contributed by atoms with Gasteiger partial charge in [-0.1, -0.05) is 57.0 Å². The number of carbonyl (C=O) groups excluding carboxylic acids is 2. The molecule has 18 heteroatoms. The van der Waals surface area contributed by atoms with Crippen LogP contribution in [0.5, 0.6) is 11.8 Å². The second kappa shape index (κ2) is 21.8. The summed E-state index contributed by atoms with van der Waals surface area (Å²) in [4.78, 5) is 50.5. The molecule has 5 atom stereocenters. The first-order valence-corrected chi connectivity index (χ1v) is 25.5. The van der Waals surface area contributed by atoms with Crippen LogP contribution in [-0.2, 0) is 20.9 Å². The number of fused-ring (bicyclic) bond motifs is 4. The number of aryl methyl sites for hydroxylation is 1. The Morgan fingerprint density at radius 1 is 1.01 bits per heavy atom. The number of terminal acetylenes is 1. The van der Waals surface area contributed by atoms with Gasteiger partial charge in [-0.3, -0.25) is 14.6 Å². The molecule has 2 bridgehead atoms. The Bertz CT molecular complexity index is 2980. The minimum Gasteiger partial charge on any atom is -0.508 e. The van der Waals surface area contributed by atoms with Crippen LogP contribution >= 0.6 is 11.3 Å². The number of benzene rings is 3. The van der Waals surface area contributed by atoms with Crippen LogP contribution in [0.4, 0.5) is 14.6 Å². The summed E-state index contributed by atoms with van der Waals surface area (Å²) in [6.07, 6.45) is 10.2. The Balaban J connectivity index is 0.781. The number of β-amino-alcohol motifs (C(OH)–C–C–N with tert-alkyl or cyclic N) is 1. The average molecular weight is 1000 g/mol. The molecule has 3 aromatic heterocycles. The summed E-state index contributed by atoms with van der Waals surface area (Å²) in [6, 6.07) is 13.2. The third-order valence-electron chi connectivity index (χ3n) is 13.8. The van der Waals surface area contributed by atoms with Gasteiger partial charge >= 0.3 is 6.01 Å². The minimum atomic E-state index is -0.814. The second-order valence-electron chi connectivity index (χ2n) is 20.1. The largest absolute Gasteiger partial charge is 0.508 e. The van der Waals surface area contributed by atoms with Gasteiger partial charge in [0, 0.05) is 81.0 Å². The molecule has 6 aromatic rings. The molecule has 3 aromatic carbocycles. The number of phenols is 1. The zero-order valence-corrected chi connectivity index (χ0v) is 41.8. The molecule has 3 saturated heterocycles. The van der Waals surface area contributed by atoms with Crippen molar-refractivity contribution in [3.63, 3.8) is 0 Å². The average Bonchev–Trinajstić information content (AvgIpc) is 4.06. The van der Waals surface area contributed by atoms with Crippen molar-refractivity contribution in [2.75, 3.05) is 50.9 Å². The fourth-order valence-electron chi connectivity index (χ4n) is 10.1. The predicted molar refractivity (Wildman–Crippen MR) is 274 cm³/mol. The smallest absolute Gasteiger partial charge is 0.319 e. The van der Waals surface area contributed by atoms with Crippen LogP contribution in [0.25, 0.3) is 43.4 Å². The number of piperazine rings is 1. The van der Waals surface area contributed by atoms with Crippen LogP contribution in [0, 0.1) is 36.3 Å². The van der Waals surface area contributed by atoms with Crippen LogP contribution in [0.2, 0.25) is 0 Å². The number of pyridine rings is 1. The fourth-order valence-corrected chi connectivity index (χ4v) is 10.9. The highest BCUT2D eigenvalue weighted by Gasteiger charge is 2.42. The maximum Gasteiger partial charge on any atom is 0.319 e. The van der Waals surface area contributed by atoms with Gasteiger partial charge in [-0.2, -0.15) is 9.97 Å². The van der Waals surface area contributed by atoms with E-state index < -0.39 is 29.2 Å². The topological polar surface area (TPSA) is 187 Å². The van der Waals surface area contributed by atoms with Crippen LogP contribution in [0.1, 0.15) is 76.1 Å². The maximum atomic E-state index is 16.9. The third kappa shape index (κ3) is 11.2. The molecule has 6 heterocycles. The number of nitrogens with zero attached hydrogens (tertiary/aromatic N) is 6. The molecule has 5 N–H and O–H groups in total. The number of rotatable bonds is 18. The van der Waals surface area contributed by atoms with Gasteiger partial charge in [0.05, 0.1) is 46.3 Å². The number of aromatic hydroxyl groups is 1. The molecule has 378 valence electrons. The van der Waals surface area contributed by atoms with Gasteiger partial charge in [0.25, 0.3) is 0 Å². The number of carbonyl (C=O) groups is 2. The molecular formula is C54H61F2N9O6S. The Labute approximate surface area is 421 Å². The normalized spacial score (nSPS) is 19.2. The summed E-state index contributed by atoms with van der Waals surface area (Å²) in [7, 11) is 0. The van der Waals surface area contributed by atoms with E-state index in [1.165, 1.54) is 30.5 Å². The van der Waals surface area contributed by atoms with E-state index >= 15 is 4.39 Å². The SMILES string of the molecule is C#Cc1c(F)ccc2cc(O)cc(-c3ncc4c(N5CC6CCC(C5)N6)nc(OCCCCOCCC(=O)N[C@H](C(=O)N5C[C@H](O)CC5CNCc5ccc(-c6scnc6C)cc5)C(C)(C)C)nc4c3F)c12. The Morgan fingerprint density at radius 2 is 1.78 bits per heavy atom. The van der Waals surface area contributed by atoms with E-state index in [0.29, 0.717) is 68.6 Å². The van der Waals surface area contributed by atoms with E-state index in [9.17, 15) is 24.2 Å². The van der Waals surface area contributed by atoms with E-state index in [2.05, 4.69) is 66.0 Å². The molecule has 72 heavy (non-hydrogen) atoms. The number of hydrogen-bond acceptors (Lipinski definition) is 14. The molecule has 15 nitrogen and oxygen atoms in total. The molecule has 3 unspecified atom stereocenters. The number of halogens is 2. The van der Waals surface area contributed by atoms with E-state index in [0.717, 1.165) is 34.5 Å². The van der Waals surface area contributed by atoms with Gasteiger partial charge in [-0.25, -0.2) is 13.8 Å². The lowest BCUT2D eigenvalue weighted by Crippen LogP contribution is -2.56. The lowest BCUT2D eigenvalue weighted by molar-refractivity contribution is -0.140. The van der Waals surface area contributed by atoms with E-state index in [1.54, 1.807) is 16.2 Å². The van der Waals surface area contributed by atoms with Crippen molar-refractivity contribution in [1.29, 1.82) is 0 Å². The van der Waals surface area contributed by atoms with E-state index in [-0.39, 0.29) is 95.6 Å². The van der Waals surface area contributed by atoms with Crippen LogP contribution in [-0.4, -0.2) is 123 Å². The van der Waals surface area contributed by atoms with Crippen molar-refractivity contribution >= 4 is 50.6 Å². The number of nitrogens with one attached hydrogen (secondary N) is 3. The van der Waals surface area contributed by atoms with Gasteiger partial charge in [0.15, 0.2) is 5.82 Å². The number of ether oxygens (including phenoxy) is 2. The number of amides is 2. The minimum absolute atomic E-state index is 0.0220. The molecular weight excluding hydrogens is 941 g/mol. The number of aromatic nitrogens is 4. The fraction of sp³-hybridized carbons (Fsp3) is 0.444. The number of anilines is 1. The lowest BCUT2D eigenvalue weighted by atomic mass is 9.85. The van der Waals surface area contributed by atoms with Crippen molar-refractivity contribution in [2.24, 2.45) is 5.41 Å². The first kappa shape index (κ1) is 50.6.